The Hall–Kier alpha value is -0.550. The molecular formula is C13H21N3S2. The van der Waals surface area contributed by atoms with Crippen LogP contribution in [0.3, 0.4) is 0 Å². The first-order valence-corrected chi connectivity index (χ1v) is 8.34. The van der Waals surface area contributed by atoms with Crippen molar-refractivity contribution < 1.29 is 0 Å². The third-order valence-corrected chi connectivity index (χ3v) is 5.61. The molecule has 0 fully saturated rings. The van der Waals surface area contributed by atoms with Gasteiger partial charge in [-0.05, 0) is 12.8 Å². The summed E-state index contributed by atoms with van der Waals surface area (Å²) in [6, 6.07) is 0. The van der Waals surface area contributed by atoms with Crippen LogP contribution in [0.15, 0.2) is 10.4 Å². The first kappa shape index (κ1) is 13.9. The fourth-order valence-electron chi connectivity index (χ4n) is 2.18. The van der Waals surface area contributed by atoms with Crippen molar-refractivity contribution >= 4 is 28.3 Å². The lowest BCUT2D eigenvalue weighted by Crippen LogP contribution is -2.21. The van der Waals surface area contributed by atoms with Gasteiger partial charge in [-0.3, -0.25) is 4.99 Å². The van der Waals surface area contributed by atoms with Crippen LogP contribution in [0.1, 0.15) is 37.4 Å². The van der Waals surface area contributed by atoms with E-state index in [1.807, 2.05) is 18.7 Å². The predicted molar refractivity (Wildman–Crippen MR) is 81.4 cm³/mol. The van der Waals surface area contributed by atoms with E-state index in [0.717, 1.165) is 34.9 Å². The average molecular weight is 283 g/mol. The summed E-state index contributed by atoms with van der Waals surface area (Å²) in [5.74, 6) is 0.792. The number of thiazole rings is 1. The molecule has 0 bridgehead atoms. The average Bonchev–Trinajstić information content (AvgIpc) is 2.98. The Morgan fingerprint density at radius 1 is 1.44 bits per heavy atom. The van der Waals surface area contributed by atoms with E-state index in [1.165, 1.54) is 12.8 Å². The normalized spacial score (nSPS) is 19.3. The molecule has 3 nitrogen and oxygen atoms in total. The predicted octanol–water partition coefficient (Wildman–Crippen LogP) is 3.45. The lowest BCUT2D eigenvalue weighted by Gasteiger charge is -2.18. The maximum atomic E-state index is 4.60. The molecule has 1 atom stereocenters. The van der Waals surface area contributed by atoms with Crippen LogP contribution in [-0.4, -0.2) is 21.9 Å². The van der Waals surface area contributed by atoms with Gasteiger partial charge in [0.2, 0.25) is 0 Å². The van der Waals surface area contributed by atoms with Crippen LogP contribution >= 0.6 is 23.1 Å². The zero-order chi connectivity index (χ0) is 13.0. The number of rotatable bonds is 5. The van der Waals surface area contributed by atoms with Gasteiger partial charge in [-0.25, -0.2) is 4.98 Å². The van der Waals surface area contributed by atoms with Crippen LogP contribution < -0.4 is 5.32 Å². The first-order chi connectivity index (χ1) is 8.72. The molecule has 1 aliphatic heterocycles. The highest BCUT2D eigenvalue weighted by atomic mass is 32.2. The molecule has 1 unspecified atom stereocenters. The van der Waals surface area contributed by atoms with Crippen LogP contribution in [0.25, 0.3) is 0 Å². The number of nitrogens with zero attached hydrogens (tertiary/aromatic N) is 2. The number of hydrogen-bond donors (Lipinski definition) is 1. The molecule has 1 N–H and O–H groups in total. The molecule has 1 aromatic rings. The molecule has 0 aromatic carbocycles. The van der Waals surface area contributed by atoms with Gasteiger partial charge in [0.05, 0.1) is 13.1 Å². The molecule has 0 saturated carbocycles. The van der Waals surface area contributed by atoms with E-state index < -0.39 is 0 Å². The second kappa shape index (κ2) is 6.57. The van der Waals surface area contributed by atoms with Crippen molar-refractivity contribution in [2.75, 3.05) is 6.54 Å². The molecule has 2 rings (SSSR count). The summed E-state index contributed by atoms with van der Waals surface area (Å²) in [5.41, 5.74) is 1.10. The molecule has 1 aromatic heterocycles. The molecule has 1 aliphatic rings. The standard InChI is InChI=1S/C13H21N3S2/c1-4-10(5-2)11-6-14-13(18-11)15-7-12-16-9(3)8-17-12/h8,10-11H,4-7H2,1-3H3,(H,14,15). The summed E-state index contributed by atoms with van der Waals surface area (Å²) < 4.78 is 0. The number of aliphatic imine (C=N–C) groups is 1. The molecule has 100 valence electrons. The van der Waals surface area contributed by atoms with E-state index in [0.29, 0.717) is 5.25 Å². The van der Waals surface area contributed by atoms with Crippen molar-refractivity contribution in [3.05, 3.63) is 16.1 Å². The molecule has 5 heteroatoms. The monoisotopic (exact) mass is 283 g/mol. The Morgan fingerprint density at radius 2 is 2.22 bits per heavy atom. The second-order valence-electron chi connectivity index (χ2n) is 4.61. The highest BCUT2D eigenvalue weighted by molar-refractivity contribution is 8.14. The van der Waals surface area contributed by atoms with Gasteiger partial charge in [0.15, 0.2) is 5.17 Å². The largest absolute Gasteiger partial charge is 0.358 e. The molecule has 2 heterocycles. The summed E-state index contributed by atoms with van der Waals surface area (Å²) >= 11 is 3.62. The van der Waals surface area contributed by atoms with Crippen molar-refractivity contribution in [1.29, 1.82) is 0 Å². The Kier molecular flexibility index (Phi) is 5.06. The highest BCUT2D eigenvalue weighted by Crippen LogP contribution is 2.30. The SMILES string of the molecule is CCC(CC)C1CN=C(NCc2nc(C)cs2)S1. The van der Waals surface area contributed by atoms with E-state index >= 15 is 0 Å². The third kappa shape index (κ3) is 3.48. The van der Waals surface area contributed by atoms with Gasteiger partial charge in [0, 0.05) is 16.3 Å². The van der Waals surface area contributed by atoms with Crippen molar-refractivity contribution in [2.45, 2.75) is 45.4 Å². The van der Waals surface area contributed by atoms with Crippen molar-refractivity contribution in [2.24, 2.45) is 10.9 Å². The zero-order valence-corrected chi connectivity index (χ0v) is 12.9. The van der Waals surface area contributed by atoms with E-state index in [4.69, 9.17) is 0 Å². The Labute approximate surface area is 118 Å². The number of amidine groups is 1. The molecule has 18 heavy (non-hydrogen) atoms. The van der Waals surface area contributed by atoms with Gasteiger partial charge in [0.1, 0.15) is 5.01 Å². The fraction of sp³-hybridized carbons (Fsp3) is 0.692. The van der Waals surface area contributed by atoms with Gasteiger partial charge in [-0.15, -0.1) is 11.3 Å². The minimum atomic E-state index is 0.667. The maximum Gasteiger partial charge on any atom is 0.157 e. The van der Waals surface area contributed by atoms with E-state index in [1.54, 1.807) is 11.3 Å². The number of nitrogens with one attached hydrogen (secondary N) is 1. The molecule has 0 radical (unpaired) electrons. The Morgan fingerprint density at radius 3 is 2.83 bits per heavy atom. The summed E-state index contributed by atoms with van der Waals surface area (Å²) in [6.45, 7) is 8.36. The quantitative estimate of drug-likeness (QED) is 0.899. The Balaban J connectivity index is 1.79. The van der Waals surface area contributed by atoms with Crippen LogP contribution in [0, 0.1) is 12.8 Å². The summed E-state index contributed by atoms with van der Waals surface area (Å²) in [5, 5.41) is 8.40. The Bertz CT molecular complexity index is 410. The number of aromatic nitrogens is 1. The van der Waals surface area contributed by atoms with E-state index in [2.05, 4.69) is 34.5 Å². The minimum Gasteiger partial charge on any atom is -0.358 e. The van der Waals surface area contributed by atoms with Crippen LogP contribution in [0.4, 0.5) is 0 Å². The summed E-state index contributed by atoms with van der Waals surface area (Å²) in [4.78, 5) is 9.05. The van der Waals surface area contributed by atoms with Crippen LogP contribution in [0.2, 0.25) is 0 Å². The second-order valence-corrected chi connectivity index (χ2v) is 6.79. The maximum absolute atomic E-state index is 4.60. The summed E-state index contributed by atoms with van der Waals surface area (Å²) in [7, 11) is 0. The van der Waals surface area contributed by atoms with Gasteiger partial charge in [0.25, 0.3) is 0 Å². The fourth-order valence-corrected chi connectivity index (χ4v) is 4.21. The number of aryl methyl sites for hydroxylation is 1. The van der Waals surface area contributed by atoms with Gasteiger partial charge < -0.3 is 5.32 Å². The third-order valence-electron chi connectivity index (χ3n) is 3.31. The minimum absolute atomic E-state index is 0.667. The van der Waals surface area contributed by atoms with E-state index in [9.17, 15) is 0 Å². The number of hydrogen-bond acceptors (Lipinski definition) is 5. The molecular weight excluding hydrogens is 262 g/mol. The van der Waals surface area contributed by atoms with Crippen molar-refractivity contribution in [1.82, 2.24) is 10.3 Å². The smallest absolute Gasteiger partial charge is 0.157 e. The number of thioether (sulfide) groups is 1. The van der Waals surface area contributed by atoms with Gasteiger partial charge in [-0.2, -0.15) is 0 Å². The van der Waals surface area contributed by atoms with Crippen LogP contribution in [-0.2, 0) is 6.54 Å². The topological polar surface area (TPSA) is 37.3 Å². The van der Waals surface area contributed by atoms with Crippen molar-refractivity contribution in [3.8, 4) is 0 Å². The lowest BCUT2D eigenvalue weighted by atomic mass is 9.99. The summed E-state index contributed by atoms with van der Waals surface area (Å²) in [6.07, 6.45) is 2.51. The molecule has 0 amide bonds. The van der Waals surface area contributed by atoms with Crippen LogP contribution in [0.5, 0.6) is 0 Å². The molecule has 0 saturated heterocycles. The zero-order valence-electron chi connectivity index (χ0n) is 11.3. The highest BCUT2D eigenvalue weighted by Gasteiger charge is 2.25. The first-order valence-electron chi connectivity index (χ1n) is 6.58. The van der Waals surface area contributed by atoms with E-state index in [-0.39, 0.29) is 0 Å². The van der Waals surface area contributed by atoms with Crippen molar-refractivity contribution in [3.63, 3.8) is 0 Å². The molecule has 0 aliphatic carbocycles. The lowest BCUT2D eigenvalue weighted by molar-refractivity contribution is 0.479. The van der Waals surface area contributed by atoms with Gasteiger partial charge >= 0.3 is 0 Å². The molecule has 0 spiro atoms. The van der Waals surface area contributed by atoms with Gasteiger partial charge in [-0.1, -0.05) is 38.5 Å².